The fraction of sp³-hybridized carbons (Fsp3) is 0.154. The van der Waals surface area contributed by atoms with Gasteiger partial charge in [-0.25, -0.2) is 0 Å². The number of pyridine rings is 1. The summed E-state index contributed by atoms with van der Waals surface area (Å²) in [5.41, 5.74) is 0.747. The molecule has 0 saturated heterocycles. The summed E-state index contributed by atoms with van der Waals surface area (Å²) in [5.74, 6) is 1.27. The van der Waals surface area contributed by atoms with Crippen LogP contribution < -0.4 is 4.74 Å². The molecule has 0 radical (unpaired) electrons. The van der Waals surface area contributed by atoms with Gasteiger partial charge in [0.2, 0.25) is 0 Å². The summed E-state index contributed by atoms with van der Waals surface area (Å²) in [5, 5.41) is 9.66. The van der Waals surface area contributed by atoms with Crippen LogP contribution in [0.2, 0.25) is 0 Å². The Balaban J connectivity index is 2.34. The van der Waals surface area contributed by atoms with Gasteiger partial charge in [0.05, 0.1) is 12.3 Å². The number of halogens is 1. The number of hydrogen-bond donors (Lipinski definition) is 1. The van der Waals surface area contributed by atoms with Gasteiger partial charge in [-0.3, -0.25) is 4.98 Å². The predicted octanol–water partition coefficient (Wildman–Crippen LogP) is 3.69. The van der Waals surface area contributed by atoms with Crippen molar-refractivity contribution < 1.29 is 9.84 Å². The average molecular weight is 294 g/mol. The predicted molar refractivity (Wildman–Crippen MR) is 69.1 cm³/mol. The molecule has 17 heavy (non-hydrogen) atoms. The Labute approximate surface area is 108 Å². The summed E-state index contributed by atoms with van der Waals surface area (Å²) in [6, 6.07) is 9.16. The van der Waals surface area contributed by atoms with Gasteiger partial charge in [0.1, 0.15) is 11.5 Å². The second-order valence-corrected chi connectivity index (χ2v) is 4.56. The maximum atomic E-state index is 9.66. The third kappa shape index (κ3) is 3.05. The van der Waals surface area contributed by atoms with Gasteiger partial charge in [0.25, 0.3) is 0 Å². The van der Waals surface area contributed by atoms with Crippen molar-refractivity contribution in [3.05, 3.63) is 52.8 Å². The number of benzene rings is 1. The minimum absolute atomic E-state index is 0.574. The number of aliphatic hydroxyl groups is 1. The molecule has 2 aromatic rings. The van der Waals surface area contributed by atoms with Crippen LogP contribution >= 0.6 is 15.9 Å². The summed E-state index contributed by atoms with van der Waals surface area (Å²) < 4.78 is 6.60. The molecule has 3 nitrogen and oxygen atoms in total. The van der Waals surface area contributed by atoms with Crippen molar-refractivity contribution in [3.63, 3.8) is 0 Å². The van der Waals surface area contributed by atoms with Crippen LogP contribution in [0.25, 0.3) is 0 Å². The van der Waals surface area contributed by atoms with Crippen LogP contribution in [0.1, 0.15) is 18.6 Å². The zero-order chi connectivity index (χ0) is 12.3. The van der Waals surface area contributed by atoms with E-state index in [-0.39, 0.29) is 0 Å². The molecular weight excluding hydrogens is 282 g/mol. The van der Waals surface area contributed by atoms with Gasteiger partial charge in [-0.1, -0.05) is 22.0 Å². The van der Waals surface area contributed by atoms with Gasteiger partial charge in [-0.2, -0.15) is 0 Å². The maximum Gasteiger partial charge on any atom is 0.145 e. The first kappa shape index (κ1) is 12.1. The standard InChI is InChI=1S/C13H12BrNO2/c1-9(16)12-5-4-10(14)7-13(12)17-11-3-2-6-15-8-11/h2-9,16H,1H3. The number of hydrogen-bond acceptors (Lipinski definition) is 3. The molecule has 0 amide bonds. The minimum Gasteiger partial charge on any atom is -0.455 e. The number of aromatic nitrogens is 1. The molecule has 0 aliphatic heterocycles. The van der Waals surface area contributed by atoms with E-state index in [1.54, 1.807) is 25.4 Å². The summed E-state index contributed by atoms with van der Waals surface area (Å²) in [7, 11) is 0. The number of ether oxygens (including phenoxy) is 1. The summed E-state index contributed by atoms with van der Waals surface area (Å²) >= 11 is 3.38. The topological polar surface area (TPSA) is 42.4 Å². The van der Waals surface area contributed by atoms with Gasteiger partial charge in [0, 0.05) is 16.2 Å². The molecule has 4 heteroatoms. The number of aliphatic hydroxyl groups excluding tert-OH is 1. The van der Waals surface area contributed by atoms with Crippen LogP contribution in [-0.2, 0) is 0 Å². The fourth-order valence-electron chi connectivity index (χ4n) is 1.48. The lowest BCUT2D eigenvalue weighted by Crippen LogP contribution is -1.96. The molecule has 1 aromatic carbocycles. The second-order valence-electron chi connectivity index (χ2n) is 3.65. The van der Waals surface area contributed by atoms with Crippen LogP contribution in [0.15, 0.2) is 47.2 Å². The normalized spacial score (nSPS) is 12.2. The zero-order valence-electron chi connectivity index (χ0n) is 9.30. The first-order valence-corrected chi connectivity index (χ1v) is 6.01. The van der Waals surface area contributed by atoms with Crippen molar-refractivity contribution in [3.8, 4) is 11.5 Å². The average Bonchev–Trinajstić information content (AvgIpc) is 2.30. The molecule has 1 heterocycles. The van der Waals surface area contributed by atoms with Crippen molar-refractivity contribution in [1.29, 1.82) is 0 Å². The van der Waals surface area contributed by atoms with Crippen LogP contribution in [0.5, 0.6) is 11.5 Å². The van der Waals surface area contributed by atoms with Crippen molar-refractivity contribution in [1.82, 2.24) is 4.98 Å². The molecular formula is C13H12BrNO2. The quantitative estimate of drug-likeness (QED) is 0.938. The second kappa shape index (κ2) is 5.29. The van der Waals surface area contributed by atoms with Gasteiger partial charge in [-0.05, 0) is 31.2 Å². The van der Waals surface area contributed by atoms with Gasteiger partial charge in [0.15, 0.2) is 0 Å². The molecule has 0 fully saturated rings. The van der Waals surface area contributed by atoms with Crippen LogP contribution in [0.4, 0.5) is 0 Å². The van der Waals surface area contributed by atoms with E-state index in [9.17, 15) is 5.11 Å². The summed E-state index contributed by atoms with van der Waals surface area (Å²) in [6.45, 7) is 1.71. The summed E-state index contributed by atoms with van der Waals surface area (Å²) in [6.07, 6.45) is 2.74. The van der Waals surface area contributed by atoms with Crippen LogP contribution in [0, 0.1) is 0 Å². The van der Waals surface area contributed by atoms with Gasteiger partial charge in [-0.15, -0.1) is 0 Å². The van der Waals surface area contributed by atoms with Crippen molar-refractivity contribution in [2.24, 2.45) is 0 Å². The highest BCUT2D eigenvalue weighted by atomic mass is 79.9. The molecule has 1 unspecified atom stereocenters. The highest BCUT2D eigenvalue weighted by Gasteiger charge is 2.10. The molecule has 0 bridgehead atoms. The molecule has 2 rings (SSSR count). The third-order valence-electron chi connectivity index (χ3n) is 2.29. The van der Waals surface area contributed by atoms with Crippen molar-refractivity contribution in [2.75, 3.05) is 0 Å². The Hall–Kier alpha value is -1.39. The van der Waals surface area contributed by atoms with E-state index in [0.717, 1.165) is 10.0 Å². The van der Waals surface area contributed by atoms with E-state index in [1.807, 2.05) is 24.3 Å². The third-order valence-corrected chi connectivity index (χ3v) is 2.78. The van der Waals surface area contributed by atoms with Crippen molar-refractivity contribution >= 4 is 15.9 Å². The Morgan fingerprint density at radius 3 is 2.82 bits per heavy atom. The number of rotatable bonds is 3. The molecule has 1 atom stereocenters. The van der Waals surface area contributed by atoms with E-state index in [2.05, 4.69) is 20.9 Å². The Kier molecular flexibility index (Phi) is 3.76. The minimum atomic E-state index is -0.574. The molecule has 1 N–H and O–H groups in total. The largest absolute Gasteiger partial charge is 0.455 e. The zero-order valence-corrected chi connectivity index (χ0v) is 10.9. The lowest BCUT2D eigenvalue weighted by molar-refractivity contribution is 0.195. The van der Waals surface area contributed by atoms with E-state index >= 15 is 0 Å². The molecule has 1 aromatic heterocycles. The highest BCUT2D eigenvalue weighted by molar-refractivity contribution is 9.10. The van der Waals surface area contributed by atoms with Crippen molar-refractivity contribution in [2.45, 2.75) is 13.0 Å². The Bertz CT molecular complexity index is 500. The van der Waals surface area contributed by atoms with Gasteiger partial charge < -0.3 is 9.84 Å². The smallest absolute Gasteiger partial charge is 0.145 e. The molecule has 0 saturated carbocycles. The maximum absolute atomic E-state index is 9.66. The first-order chi connectivity index (χ1) is 8.16. The molecule has 0 spiro atoms. The first-order valence-electron chi connectivity index (χ1n) is 5.22. The fourth-order valence-corrected chi connectivity index (χ4v) is 1.82. The van der Waals surface area contributed by atoms with E-state index in [1.165, 1.54) is 0 Å². The van der Waals surface area contributed by atoms with E-state index < -0.39 is 6.10 Å². The highest BCUT2D eigenvalue weighted by Crippen LogP contribution is 2.31. The summed E-state index contributed by atoms with van der Waals surface area (Å²) in [4.78, 5) is 3.98. The SMILES string of the molecule is CC(O)c1ccc(Br)cc1Oc1cccnc1. The molecule has 0 aliphatic carbocycles. The lowest BCUT2D eigenvalue weighted by Gasteiger charge is -2.13. The Morgan fingerprint density at radius 1 is 1.35 bits per heavy atom. The van der Waals surface area contributed by atoms with Crippen LogP contribution in [-0.4, -0.2) is 10.1 Å². The number of nitrogens with zero attached hydrogens (tertiary/aromatic N) is 1. The molecule has 0 aliphatic rings. The van der Waals surface area contributed by atoms with E-state index in [0.29, 0.717) is 11.5 Å². The Morgan fingerprint density at radius 2 is 2.18 bits per heavy atom. The monoisotopic (exact) mass is 293 g/mol. The van der Waals surface area contributed by atoms with E-state index in [4.69, 9.17) is 4.74 Å². The lowest BCUT2D eigenvalue weighted by atomic mass is 10.1. The molecule has 88 valence electrons. The van der Waals surface area contributed by atoms with Crippen LogP contribution in [0.3, 0.4) is 0 Å². The van der Waals surface area contributed by atoms with Gasteiger partial charge >= 0.3 is 0 Å².